The molecule has 0 amide bonds. The van der Waals surface area contributed by atoms with Crippen molar-refractivity contribution in [2.45, 2.75) is 24.3 Å². The van der Waals surface area contributed by atoms with E-state index in [4.69, 9.17) is 17.3 Å². The van der Waals surface area contributed by atoms with Gasteiger partial charge in [-0.05, 0) is 43.7 Å². The van der Waals surface area contributed by atoms with Gasteiger partial charge in [-0.2, -0.15) is 15.0 Å². The molecule has 2 aromatic carbocycles. The second-order valence-corrected chi connectivity index (χ2v) is 8.26. The molecule has 0 radical (unpaired) electrons. The lowest BCUT2D eigenvalue weighted by Gasteiger charge is -2.13. The highest BCUT2D eigenvalue weighted by Crippen LogP contribution is 2.34. The molecule has 10 heteroatoms. The van der Waals surface area contributed by atoms with Crippen molar-refractivity contribution in [3.8, 4) is 5.69 Å². The average molecular weight is 439 g/mol. The minimum absolute atomic E-state index is 0.143. The van der Waals surface area contributed by atoms with Crippen LogP contribution in [-0.2, 0) is 0 Å². The first-order valence-corrected chi connectivity index (χ1v) is 10.4. The van der Waals surface area contributed by atoms with Crippen LogP contribution in [0, 0.1) is 6.92 Å². The summed E-state index contributed by atoms with van der Waals surface area (Å²) in [6.45, 7) is 3.94. The van der Waals surface area contributed by atoms with Crippen LogP contribution in [0.1, 0.15) is 23.6 Å². The molecule has 2 aromatic heterocycles. The van der Waals surface area contributed by atoms with Crippen LogP contribution in [0.2, 0.25) is 5.02 Å². The molecule has 4 aromatic rings. The number of rotatable bonds is 6. The topological polar surface area (TPSA) is 107 Å². The molecule has 0 saturated carbocycles. The van der Waals surface area contributed by atoms with Crippen molar-refractivity contribution in [1.29, 1.82) is 0 Å². The average Bonchev–Trinajstić information content (AvgIpc) is 3.18. The number of para-hydroxylation sites is 1. The van der Waals surface area contributed by atoms with Gasteiger partial charge in [0, 0.05) is 10.7 Å². The molecule has 0 aliphatic carbocycles. The molecule has 2 heterocycles. The predicted molar refractivity (Wildman–Crippen MR) is 119 cm³/mol. The Kier molecular flexibility index (Phi) is 5.82. The van der Waals surface area contributed by atoms with Gasteiger partial charge in [-0.1, -0.05) is 47.6 Å². The molecule has 0 aliphatic heterocycles. The van der Waals surface area contributed by atoms with Gasteiger partial charge in [0.25, 0.3) is 0 Å². The van der Waals surface area contributed by atoms with Crippen LogP contribution >= 0.6 is 23.4 Å². The van der Waals surface area contributed by atoms with Gasteiger partial charge in [-0.3, -0.25) is 4.57 Å². The second kappa shape index (κ2) is 8.68. The number of thioether (sulfide) groups is 1. The first-order chi connectivity index (χ1) is 14.5. The summed E-state index contributed by atoms with van der Waals surface area (Å²) < 4.78 is 1.88. The third kappa shape index (κ3) is 4.52. The lowest BCUT2D eigenvalue weighted by Crippen LogP contribution is -2.08. The monoisotopic (exact) mass is 438 g/mol. The molecule has 30 heavy (non-hydrogen) atoms. The van der Waals surface area contributed by atoms with E-state index in [1.54, 1.807) is 6.33 Å². The van der Waals surface area contributed by atoms with E-state index in [0.29, 0.717) is 22.0 Å². The number of aryl methyl sites for hydroxylation is 1. The second-order valence-electron chi connectivity index (χ2n) is 6.54. The Morgan fingerprint density at radius 2 is 1.90 bits per heavy atom. The van der Waals surface area contributed by atoms with E-state index >= 15 is 0 Å². The van der Waals surface area contributed by atoms with E-state index in [9.17, 15) is 0 Å². The number of benzene rings is 2. The van der Waals surface area contributed by atoms with Crippen LogP contribution < -0.4 is 11.1 Å². The number of nitrogens with two attached hydrogens (primary N) is 1. The van der Waals surface area contributed by atoms with Crippen molar-refractivity contribution in [1.82, 2.24) is 29.7 Å². The predicted octanol–water partition coefficient (Wildman–Crippen LogP) is 4.59. The fourth-order valence-corrected chi connectivity index (χ4v) is 3.78. The molecule has 152 valence electrons. The van der Waals surface area contributed by atoms with Crippen LogP contribution in [-0.4, -0.2) is 29.7 Å². The van der Waals surface area contributed by atoms with Gasteiger partial charge in [-0.25, -0.2) is 0 Å². The Balaban J connectivity index is 1.57. The van der Waals surface area contributed by atoms with Crippen LogP contribution in [0.3, 0.4) is 0 Å². The first kappa shape index (κ1) is 20.1. The summed E-state index contributed by atoms with van der Waals surface area (Å²) >= 11 is 7.75. The third-order valence-corrected chi connectivity index (χ3v) is 5.76. The quantitative estimate of drug-likeness (QED) is 0.421. The molecule has 0 fully saturated rings. The minimum atomic E-state index is -0.143. The number of halogens is 1. The summed E-state index contributed by atoms with van der Waals surface area (Å²) in [5, 5.41) is 12.7. The summed E-state index contributed by atoms with van der Waals surface area (Å²) in [7, 11) is 0. The summed E-state index contributed by atoms with van der Waals surface area (Å²) in [5.74, 6) is 1.09. The molecule has 1 atom stereocenters. The number of hydrogen-bond acceptors (Lipinski definition) is 8. The van der Waals surface area contributed by atoms with Crippen LogP contribution in [0.25, 0.3) is 5.69 Å². The lowest BCUT2D eigenvalue weighted by atomic mass is 10.2. The van der Waals surface area contributed by atoms with Gasteiger partial charge in [0.15, 0.2) is 5.16 Å². The number of nitrogens with one attached hydrogen (secondary N) is 1. The van der Waals surface area contributed by atoms with Crippen molar-refractivity contribution < 1.29 is 0 Å². The third-order valence-electron chi connectivity index (χ3n) is 4.30. The van der Waals surface area contributed by atoms with Gasteiger partial charge < -0.3 is 11.1 Å². The van der Waals surface area contributed by atoms with Gasteiger partial charge >= 0.3 is 0 Å². The molecule has 0 bridgehead atoms. The number of anilines is 3. The summed E-state index contributed by atoms with van der Waals surface area (Å²) in [6, 6.07) is 15.5. The smallest absolute Gasteiger partial charge is 0.232 e. The molecular formula is C20H19ClN8S. The maximum atomic E-state index is 6.28. The molecular weight excluding hydrogens is 420 g/mol. The van der Waals surface area contributed by atoms with E-state index in [2.05, 4.69) is 30.5 Å². The van der Waals surface area contributed by atoms with Crippen molar-refractivity contribution in [3.63, 3.8) is 0 Å². The SMILES string of the molecule is Cc1ccc(-n2cnnc2SC(C)c2nc(N)nc(Nc3ccccc3)n2)cc1Cl. The van der Waals surface area contributed by atoms with Crippen LogP contribution in [0.15, 0.2) is 60.0 Å². The Hall–Kier alpha value is -3.17. The number of nitrogens with zero attached hydrogens (tertiary/aromatic N) is 6. The maximum Gasteiger partial charge on any atom is 0.232 e. The first-order valence-electron chi connectivity index (χ1n) is 9.16. The van der Waals surface area contributed by atoms with Crippen LogP contribution in [0.4, 0.5) is 17.6 Å². The minimum Gasteiger partial charge on any atom is -0.368 e. The fourth-order valence-electron chi connectivity index (χ4n) is 2.72. The molecule has 3 N–H and O–H groups in total. The largest absolute Gasteiger partial charge is 0.368 e. The molecule has 0 saturated heterocycles. The highest BCUT2D eigenvalue weighted by molar-refractivity contribution is 7.99. The van der Waals surface area contributed by atoms with E-state index in [1.165, 1.54) is 11.8 Å². The zero-order valence-corrected chi connectivity index (χ0v) is 17.9. The Morgan fingerprint density at radius 3 is 2.67 bits per heavy atom. The maximum absolute atomic E-state index is 6.28. The molecule has 8 nitrogen and oxygen atoms in total. The van der Waals surface area contributed by atoms with E-state index in [1.807, 2.05) is 66.9 Å². The van der Waals surface area contributed by atoms with Gasteiger partial charge in [0.05, 0.1) is 10.9 Å². The Labute approximate surface area is 182 Å². The highest BCUT2D eigenvalue weighted by Gasteiger charge is 2.18. The zero-order valence-electron chi connectivity index (χ0n) is 16.3. The van der Waals surface area contributed by atoms with E-state index < -0.39 is 0 Å². The van der Waals surface area contributed by atoms with E-state index in [-0.39, 0.29) is 11.2 Å². The van der Waals surface area contributed by atoms with Crippen molar-refractivity contribution in [3.05, 3.63) is 71.3 Å². The normalized spacial score (nSPS) is 12.0. The number of hydrogen-bond donors (Lipinski definition) is 2. The number of aromatic nitrogens is 6. The number of nitrogen functional groups attached to an aromatic ring is 1. The lowest BCUT2D eigenvalue weighted by molar-refractivity contribution is 0.854. The standard InChI is InChI=1S/C20H19ClN8S/c1-12-8-9-15(10-16(12)21)29-11-23-28-20(29)30-13(2)17-25-18(22)27-19(26-17)24-14-6-4-3-5-7-14/h3-11,13H,1-2H3,(H3,22,24,25,26,27). The molecule has 0 aliphatic rings. The Bertz CT molecular complexity index is 1160. The van der Waals surface area contributed by atoms with Gasteiger partial charge in [-0.15, -0.1) is 10.2 Å². The van der Waals surface area contributed by atoms with Crippen molar-refractivity contribution >= 4 is 40.9 Å². The van der Waals surface area contributed by atoms with Gasteiger partial charge in [0.2, 0.25) is 11.9 Å². The zero-order chi connectivity index (χ0) is 21.1. The van der Waals surface area contributed by atoms with Crippen LogP contribution in [0.5, 0.6) is 0 Å². The molecule has 4 rings (SSSR count). The van der Waals surface area contributed by atoms with Gasteiger partial charge in [0.1, 0.15) is 12.2 Å². The highest BCUT2D eigenvalue weighted by atomic mass is 35.5. The fraction of sp³-hybridized carbons (Fsp3) is 0.150. The van der Waals surface area contributed by atoms with E-state index in [0.717, 1.165) is 16.9 Å². The molecule has 0 spiro atoms. The Morgan fingerprint density at radius 1 is 1.10 bits per heavy atom. The summed E-state index contributed by atoms with van der Waals surface area (Å²) in [6.07, 6.45) is 1.65. The van der Waals surface area contributed by atoms with Crippen molar-refractivity contribution in [2.75, 3.05) is 11.1 Å². The summed E-state index contributed by atoms with van der Waals surface area (Å²) in [5.41, 5.74) is 8.67. The van der Waals surface area contributed by atoms with Crippen molar-refractivity contribution in [2.24, 2.45) is 0 Å². The molecule has 1 unspecified atom stereocenters. The summed E-state index contributed by atoms with van der Waals surface area (Å²) in [4.78, 5) is 13.0.